The Morgan fingerprint density at radius 2 is 2.00 bits per heavy atom. The first-order valence-corrected chi connectivity index (χ1v) is 8.30. The summed E-state index contributed by atoms with van der Waals surface area (Å²) in [6, 6.07) is 5.18. The predicted octanol–water partition coefficient (Wildman–Crippen LogP) is 3.84. The molecule has 2 rings (SSSR count). The molecule has 0 aromatic heterocycles. The van der Waals surface area contributed by atoms with Crippen LogP contribution < -0.4 is 10.6 Å². The highest BCUT2D eigenvalue weighted by Gasteiger charge is 2.24. The summed E-state index contributed by atoms with van der Waals surface area (Å²) in [7, 11) is 0. The molecule has 3 N–H and O–H groups in total. The summed E-state index contributed by atoms with van der Waals surface area (Å²) in [5, 5.41) is 16.3. The van der Waals surface area contributed by atoms with E-state index in [4.69, 9.17) is 4.74 Å². The topological polar surface area (TPSA) is 70.6 Å². The van der Waals surface area contributed by atoms with Gasteiger partial charge in [-0.1, -0.05) is 6.92 Å². The molecule has 5 nitrogen and oxygen atoms in total. The Morgan fingerprint density at radius 1 is 1.35 bits per heavy atom. The zero-order valence-electron chi connectivity index (χ0n) is 14.5. The van der Waals surface area contributed by atoms with Gasteiger partial charge in [-0.2, -0.15) is 0 Å². The smallest absolute Gasteiger partial charge is 0.412 e. The van der Waals surface area contributed by atoms with Crippen LogP contribution >= 0.6 is 0 Å². The average molecular weight is 320 g/mol. The van der Waals surface area contributed by atoms with Crippen LogP contribution in [0.4, 0.5) is 10.5 Å². The van der Waals surface area contributed by atoms with Crippen LogP contribution in [0.5, 0.6) is 5.75 Å². The van der Waals surface area contributed by atoms with E-state index in [2.05, 4.69) is 17.6 Å². The fraction of sp³-hybridized carbons (Fsp3) is 0.611. The molecule has 1 unspecified atom stereocenters. The molecular formula is C18H28N2O3. The van der Waals surface area contributed by atoms with Crippen molar-refractivity contribution in [3.8, 4) is 5.75 Å². The van der Waals surface area contributed by atoms with E-state index in [1.165, 1.54) is 0 Å². The molecule has 1 saturated heterocycles. The molecule has 23 heavy (non-hydrogen) atoms. The maximum absolute atomic E-state index is 11.9. The number of hydrogen-bond donors (Lipinski definition) is 3. The molecule has 1 aromatic rings. The molecule has 1 aromatic carbocycles. The van der Waals surface area contributed by atoms with Gasteiger partial charge in [0.2, 0.25) is 0 Å². The van der Waals surface area contributed by atoms with Gasteiger partial charge in [0.05, 0.1) is 0 Å². The molecule has 1 aliphatic heterocycles. The van der Waals surface area contributed by atoms with Gasteiger partial charge in [0.15, 0.2) is 0 Å². The Balaban J connectivity index is 2.10. The van der Waals surface area contributed by atoms with Crippen molar-refractivity contribution in [3.05, 3.63) is 23.8 Å². The van der Waals surface area contributed by atoms with Crippen molar-refractivity contribution in [1.82, 2.24) is 5.32 Å². The lowest BCUT2D eigenvalue weighted by molar-refractivity contribution is 0.0636. The fourth-order valence-corrected chi connectivity index (χ4v) is 3.02. The van der Waals surface area contributed by atoms with Crippen molar-refractivity contribution in [1.29, 1.82) is 0 Å². The van der Waals surface area contributed by atoms with Crippen molar-refractivity contribution in [2.24, 2.45) is 5.92 Å². The van der Waals surface area contributed by atoms with Gasteiger partial charge in [-0.05, 0) is 82.3 Å². The lowest BCUT2D eigenvalue weighted by atomic mass is 9.81. The van der Waals surface area contributed by atoms with E-state index in [-0.39, 0.29) is 11.7 Å². The third-order valence-corrected chi connectivity index (χ3v) is 4.25. The van der Waals surface area contributed by atoms with Crippen molar-refractivity contribution >= 4 is 11.8 Å². The second kappa shape index (κ2) is 7.21. The summed E-state index contributed by atoms with van der Waals surface area (Å²) >= 11 is 0. The molecule has 0 spiro atoms. The Bertz CT molecular complexity index is 546. The first-order chi connectivity index (χ1) is 10.8. The summed E-state index contributed by atoms with van der Waals surface area (Å²) < 4.78 is 5.27. The van der Waals surface area contributed by atoms with E-state index in [1.807, 2.05) is 26.8 Å². The molecule has 1 heterocycles. The second-order valence-electron chi connectivity index (χ2n) is 7.28. The maximum Gasteiger partial charge on any atom is 0.412 e. The first kappa shape index (κ1) is 17.6. The number of aromatic hydroxyl groups is 1. The van der Waals surface area contributed by atoms with E-state index < -0.39 is 11.7 Å². The van der Waals surface area contributed by atoms with Crippen molar-refractivity contribution in [2.45, 2.75) is 52.1 Å². The standard InChI is InChI=1S/C18H28N2O3/c1-12(13-7-9-19-10-8-13)15-11-14(5-6-16(15)21)20-17(22)23-18(2,3)4/h5-6,11-13,19,21H,7-10H2,1-4H3,(H,20,22). The summed E-state index contributed by atoms with van der Waals surface area (Å²) in [5.41, 5.74) is 0.991. The molecule has 1 atom stereocenters. The number of ether oxygens (including phenoxy) is 1. The van der Waals surface area contributed by atoms with E-state index >= 15 is 0 Å². The lowest BCUT2D eigenvalue weighted by Gasteiger charge is -2.29. The number of anilines is 1. The molecule has 0 aliphatic carbocycles. The van der Waals surface area contributed by atoms with Gasteiger partial charge < -0.3 is 15.2 Å². The highest BCUT2D eigenvalue weighted by Crippen LogP contribution is 2.36. The highest BCUT2D eigenvalue weighted by atomic mass is 16.6. The molecule has 0 saturated carbocycles. The normalized spacial score (nSPS) is 17.6. The number of hydrogen-bond acceptors (Lipinski definition) is 4. The van der Waals surface area contributed by atoms with Crippen molar-refractivity contribution in [3.63, 3.8) is 0 Å². The summed E-state index contributed by atoms with van der Waals surface area (Å²) in [6.45, 7) is 9.66. The Morgan fingerprint density at radius 3 is 2.61 bits per heavy atom. The number of amides is 1. The Hall–Kier alpha value is -1.75. The SMILES string of the molecule is CC(c1cc(NC(=O)OC(C)(C)C)ccc1O)C1CCNCC1. The molecule has 1 aliphatic rings. The Kier molecular flexibility index (Phi) is 5.52. The van der Waals surface area contributed by atoms with Crippen LogP contribution in [0.2, 0.25) is 0 Å². The van der Waals surface area contributed by atoms with Crippen LogP contribution in [-0.2, 0) is 4.74 Å². The minimum absolute atomic E-state index is 0.248. The van der Waals surface area contributed by atoms with E-state index in [1.54, 1.807) is 12.1 Å². The van der Waals surface area contributed by atoms with E-state index in [9.17, 15) is 9.90 Å². The van der Waals surface area contributed by atoms with Crippen LogP contribution in [0.3, 0.4) is 0 Å². The number of phenolic OH excluding ortho intramolecular Hbond substituents is 1. The van der Waals surface area contributed by atoms with Crippen LogP contribution in [0.15, 0.2) is 18.2 Å². The maximum atomic E-state index is 11.9. The van der Waals surface area contributed by atoms with Crippen molar-refractivity contribution < 1.29 is 14.6 Å². The minimum atomic E-state index is -0.535. The van der Waals surface area contributed by atoms with E-state index in [0.29, 0.717) is 11.6 Å². The molecule has 1 fully saturated rings. The van der Waals surface area contributed by atoms with Crippen LogP contribution in [-0.4, -0.2) is 29.9 Å². The predicted molar refractivity (Wildman–Crippen MR) is 92.0 cm³/mol. The fourth-order valence-electron chi connectivity index (χ4n) is 3.02. The minimum Gasteiger partial charge on any atom is -0.508 e. The van der Waals surface area contributed by atoms with Gasteiger partial charge in [0, 0.05) is 5.69 Å². The summed E-state index contributed by atoms with van der Waals surface area (Å²) in [5.74, 6) is 1.07. The lowest BCUT2D eigenvalue weighted by Crippen LogP contribution is -2.30. The van der Waals surface area contributed by atoms with Gasteiger partial charge in [0.25, 0.3) is 0 Å². The van der Waals surface area contributed by atoms with Crippen molar-refractivity contribution in [2.75, 3.05) is 18.4 Å². The largest absolute Gasteiger partial charge is 0.508 e. The van der Waals surface area contributed by atoms with Crippen LogP contribution in [0.25, 0.3) is 0 Å². The molecule has 0 radical (unpaired) electrons. The van der Waals surface area contributed by atoms with Gasteiger partial charge in [-0.25, -0.2) is 4.79 Å². The molecular weight excluding hydrogens is 292 g/mol. The third kappa shape index (κ3) is 5.13. The number of carbonyl (C=O) groups excluding carboxylic acids is 1. The Labute approximate surface area is 138 Å². The zero-order valence-corrected chi connectivity index (χ0v) is 14.5. The van der Waals surface area contributed by atoms with Gasteiger partial charge >= 0.3 is 6.09 Å². The zero-order chi connectivity index (χ0) is 17.0. The highest BCUT2D eigenvalue weighted by molar-refractivity contribution is 5.85. The van der Waals surface area contributed by atoms with Gasteiger partial charge in [-0.3, -0.25) is 5.32 Å². The van der Waals surface area contributed by atoms with Gasteiger partial charge in [-0.15, -0.1) is 0 Å². The van der Waals surface area contributed by atoms with Crippen LogP contribution in [0, 0.1) is 5.92 Å². The quantitative estimate of drug-likeness (QED) is 0.740. The molecule has 5 heteroatoms. The number of benzene rings is 1. The molecule has 128 valence electrons. The molecule has 1 amide bonds. The average Bonchev–Trinajstić information content (AvgIpc) is 2.47. The summed E-state index contributed by atoms with van der Waals surface area (Å²) in [4.78, 5) is 11.9. The second-order valence-corrected chi connectivity index (χ2v) is 7.28. The number of rotatable bonds is 3. The van der Waals surface area contributed by atoms with Crippen LogP contribution in [0.1, 0.15) is 52.0 Å². The number of phenols is 1. The van der Waals surface area contributed by atoms with E-state index in [0.717, 1.165) is 31.5 Å². The van der Waals surface area contributed by atoms with Gasteiger partial charge in [0.1, 0.15) is 11.4 Å². The first-order valence-electron chi connectivity index (χ1n) is 8.30. The monoisotopic (exact) mass is 320 g/mol. The third-order valence-electron chi connectivity index (χ3n) is 4.25. The number of carbonyl (C=O) groups is 1. The number of nitrogens with one attached hydrogen (secondary N) is 2. The summed E-state index contributed by atoms with van der Waals surface area (Å²) in [6.07, 6.45) is 1.72. The molecule has 0 bridgehead atoms. The number of piperidine rings is 1.